The summed E-state index contributed by atoms with van der Waals surface area (Å²) in [6, 6.07) is 4.33. The highest BCUT2D eigenvalue weighted by molar-refractivity contribution is 5.91. The van der Waals surface area contributed by atoms with Crippen molar-refractivity contribution in [1.82, 2.24) is 4.90 Å². The van der Waals surface area contributed by atoms with Gasteiger partial charge in [0.15, 0.2) is 22.6 Å². The monoisotopic (exact) mass is 533 g/mol. The van der Waals surface area contributed by atoms with Crippen LogP contribution in [0.25, 0.3) is 22.3 Å². The maximum atomic E-state index is 15.3. The second kappa shape index (κ2) is 12.3. The molecule has 202 valence electrons. The number of esters is 1. The number of nitrogens with zero attached hydrogens (tertiary/aromatic N) is 1. The van der Waals surface area contributed by atoms with Gasteiger partial charge in [0.05, 0.1) is 22.3 Å². The van der Waals surface area contributed by atoms with Gasteiger partial charge in [-0.1, -0.05) is 12.7 Å². The van der Waals surface area contributed by atoms with Crippen LogP contribution in [0.1, 0.15) is 18.4 Å². The summed E-state index contributed by atoms with van der Waals surface area (Å²) in [6.45, 7) is 3.15. The van der Waals surface area contributed by atoms with Crippen molar-refractivity contribution in [3.05, 3.63) is 70.2 Å². The number of nitrogens with two attached hydrogens (primary N) is 1. The number of carbonyl (C=O) groups is 2. The van der Waals surface area contributed by atoms with Crippen LogP contribution in [-0.4, -0.2) is 44.2 Å². The number of ether oxygens (including phenoxy) is 2. The van der Waals surface area contributed by atoms with E-state index in [9.17, 15) is 23.2 Å². The van der Waals surface area contributed by atoms with E-state index in [1.807, 2.05) is 19.0 Å². The van der Waals surface area contributed by atoms with Crippen LogP contribution in [0.3, 0.4) is 0 Å². The summed E-state index contributed by atoms with van der Waals surface area (Å²) in [5.41, 5.74) is 2.62. The van der Waals surface area contributed by atoms with Gasteiger partial charge in [0.1, 0.15) is 24.8 Å². The van der Waals surface area contributed by atoms with Crippen molar-refractivity contribution in [3.8, 4) is 11.3 Å². The van der Waals surface area contributed by atoms with Gasteiger partial charge in [-0.3, -0.25) is 14.9 Å². The molecule has 0 atom stereocenters. The van der Waals surface area contributed by atoms with Crippen LogP contribution in [0.5, 0.6) is 0 Å². The van der Waals surface area contributed by atoms with E-state index in [4.69, 9.17) is 19.6 Å². The van der Waals surface area contributed by atoms with Crippen LogP contribution in [0.2, 0.25) is 0 Å². The number of halogens is 3. The molecule has 3 rings (SSSR count). The quantitative estimate of drug-likeness (QED) is 0.221. The minimum atomic E-state index is -1.28. The average Bonchev–Trinajstić information content (AvgIpc) is 2.86. The Morgan fingerprint density at radius 3 is 2.55 bits per heavy atom. The second-order valence-electron chi connectivity index (χ2n) is 8.47. The van der Waals surface area contributed by atoms with E-state index in [1.165, 1.54) is 18.2 Å². The summed E-state index contributed by atoms with van der Waals surface area (Å²) in [6.07, 6.45) is 0.932. The highest BCUT2D eigenvalue weighted by atomic mass is 19.1. The van der Waals surface area contributed by atoms with Crippen LogP contribution in [-0.2, 0) is 20.9 Å². The maximum Gasteiger partial charge on any atom is 0.412 e. The second-order valence-corrected chi connectivity index (χ2v) is 8.47. The van der Waals surface area contributed by atoms with Gasteiger partial charge in [0, 0.05) is 18.1 Å². The van der Waals surface area contributed by atoms with Gasteiger partial charge in [-0.2, -0.15) is 0 Å². The number of amides is 1. The van der Waals surface area contributed by atoms with Crippen LogP contribution in [0.15, 0.2) is 46.1 Å². The summed E-state index contributed by atoms with van der Waals surface area (Å²) in [5, 5.41) is 1.65. The molecule has 0 saturated heterocycles. The van der Waals surface area contributed by atoms with Crippen molar-refractivity contribution in [3.63, 3.8) is 0 Å². The van der Waals surface area contributed by atoms with Crippen LogP contribution in [0, 0.1) is 17.5 Å². The molecule has 0 saturated carbocycles. The van der Waals surface area contributed by atoms with Crippen molar-refractivity contribution in [1.29, 1.82) is 0 Å². The predicted molar refractivity (Wildman–Crippen MR) is 135 cm³/mol. The molecule has 3 N–H and O–H groups in total. The fourth-order valence-corrected chi connectivity index (χ4v) is 3.49. The molecular weight excluding hydrogens is 507 g/mol. The molecule has 1 aromatic heterocycles. The molecule has 2 aromatic carbocycles. The molecule has 0 bridgehead atoms. The lowest BCUT2D eigenvalue weighted by molar-refractivity contribution is -0.145. The Balaban J connectivity index is 1.93. The Kier molecular flexibility index (Phi) is 9.13. The zero-order chi connectivity index (χ0) is 28.0. The molecule has 9 nitrogen and oxygen atoms in total. The highest BCUT2D eigenvalue weighted by Crippen LogP contribution is 2.33. The van der Waals surface area contributed by atoms with Gasteiger partial charge in [-0.05, 0) is 45.3 Å². The molecule has 1 heterocycles. The topological polar surface area (TPSA) is 124 Å². The van der Waals surface area contributed by atoms with Crippen LogP contribution < -0.4 is 16.5 Å². The molecular formula is C26H26F3N3O6. The summed E-state index contributed by atoms with van der Waals surface area (Å²) in [7, 11) is 3.66. The SMILES string of the molecule is C=CCOC(=O)Nc1ccc(-c2cc(=O)c3c(N)c(F)c(COC(=O)CCCN(C)C)c(F)c3o2)cc1F. The van der Waals surface area contributed by atoms with Gasteiger partial charge >= 0.3 is 12.1 Å². The third-order valence-electron chi connectivity index (χ3n) is 5.37. The third-order valence-corrected chi connectivity index (χ3v) is 5.37. The molecule has 38 heavy (non-hydrogen) atoms. The summed E-state index contributed by atoms with van der Waals surface area (Å²) in [5.74, 6) is -4.35. The van der Waals surface area contributed by atoms with Gasteiger partial charge in [-0.15, -0.1) is 0 Å². The first-order valence-corrected chi connectivity index (χ1v) is 11.4. The summed E-state index contributed by atoms with van der Waals surface area (Å²) >= 11 is 0. The number of nitrogens with one attached hydrogen (secondary N) is 1. The van der Waals surface area contributed by atoms with Crippen LogP contribution >= 0.6 is 0 Å². The molecule has 0 radical (unpaired) electrons. The number of nitrogen functional groups attached to an aromatic ring is 1. The zero-order valence-corrected chi connectivity index (χ0v) is 20.7. The molecule has 0 aliphatic carbocycles. The van der Waals surface area contributed by atoms with Gasteiger partial charge in [-0.25, -0.2) is 18.0 Å². The lowest BCUT2D eigenvalue weighted by Crippen LogP contribution is -2.16. The molecule has 0 aliphatic heterocycles. The molecule has 1 amide bonds. The first kappa shape index (κ1) is 28.3. The highest BCUT2D eigenvalue weighted by Gasteiger charge is 2.24. The minimum absolute atomic E-state index is 0.0164. The molecule has 0 aliphatic rings. The van der Waals surface area contributed by atoms with Crippen molar-refractivity contribution < 1.29 is 36.7 Å². The summed E-state index contributed by atoms with van der Waals surface area (Å²) in [4.78, 5) is 38.2. The first-order valence-electron chi connectivity index (χ1n) is 11.4. The maximum absolute atomic E-state index is 15.3. The van der Waals surface area contributed by atoms with E-state index >= 15 is 4.39 Å². The lowest BCUT2D eigenvalue weighted by Gasteiger charge is -2.13. The van der Waals surface area contributed by atoms with E-state index in [-0.39, 0.29) is 30.0 Å². The Morgan fingerprint density at radius 2 is 1.89 bits per heavy atom. The number of anilines is 2. The van der Waals surface area contributed by atoms with Gasteiger partial charge < -0.3 is 24.5 Å². The van der Waals surface area contributed by atoms with E-state index in [2.05, 4.69) is 11.9 Å². The third kappa shape index (κ3) is 6.51. The normalized spacial score (nSPS) is 11.0. The van der Waals surface area contributed by atoms with Crippen molar-refractivity contribution in [2.24, 2.45) is 0 Å². The lowest BCUT2D eigenvalue weighted by atomic mass is 10.1. The molecule has 0 unspecified atom stereocenters. The number of fused-ring (bicyclic) bond motifs is 1. The van der Waals surface area contributed by atoms with Gasteiger partial charge in [0.2, 0.25) is 0 Å². The number of carbonyl (C=O) groups excluding carboxylic acids is 2. The largest absolute Gasteiger partial charge is 0.461 e. The van der Waals surface area contributed by atoms with Crippen molar-refractivity contribution >= 4 is 34.4 Å². The number of hydrogen-bond donors (Lipinski definition) is 2. The molecule has 12 heteroatoms. The summed E-state index contributed by atoms with van der Waals surface area (Å²) < 4.78 is 60.0. The molecule has 0 fully saturated rings. The fraction of sp³-hybridized carbons (Fsp3) is 0.269. The Labute approximate surface area is 215 Å². The standard InChI is InChI=1S/C26H26F3N3O6/c1-4-10-36-26(35)31-17-8-7-14(11-16(17)27)19-12-18(33)21-24(30)22(28)15(23(29)25(21)38-19)13-37-20(34)6-5-9-32(2)3/h4,7-8,11-12H,1,5-6,9-10,13,30H2,2-3H3,(H,31,35). The Morgan fingerprint density at radius 1 is 1.16 bits per heavy atom. The fourth-order valence-electron chi connectivity index (χ4n) is 3.49. The Hall–Kier alpha value is -4.32. The van der Waals surface area contributed by atoms with Crippen molar-refractivity contribution in [2.75, 3.05) is 38.3 Å². The number of benzene rings is 2. The minimum Gasteiger partial charge on any atom is -0.461 e. The average molecular weight is 534 g/mol. The predicted octanol–water partition coefficient (Wildman–Crippen LogP) is 4.58. The smallest absolute Gasteiger partial charge is 0.412 e. The first-order chi connectivity index (χ1) is 18.0. The molecule has 0 spiro atoms. The van der Waals surface area contributed by atoms with Crippen molar-refractivity contribution in [2.45, 2.75) is 19.4 Å². The Bertz CT molecular complexity index is 1440. The van der Waals surface area contributed by atoms with E-state index in [1.54, 1.807) is 0 Å². The van der Waals surface area contributed by atoms with Gasteiger partial charge in [0.25, 0.3) is 0 Å². The number of hydrogen-bond acceptors (Lipinski definition) is 8. The van der Waals surface area contributed by atoms with E-state index in [0.717, 1.165) is 12.1 Å². The van der Waals surface area contributed by atoms with E-state index < -0.39 is 63.8 Å². The number of rotatable bonds is 10. The molecule has 3 aromatic rings. The van der Waals surface area contributed by atoms with Crippen LogP contribution in [0.4, 0.5) is 29.3 Å². The van der Waals surface area contributed by atoms with E-state index in [0.29, 0.717) is 13.0 Å². The zero-order valence-electron chi connectivity index (χ0n) is 20.7.